The van der Waals surface area contributed by atoms with Crippen LogP contribution in [0.2, 0.25) is 0 Å². The summed E-state index contributed by atoms with van der Waals surface area (Å²) in [5.74, 6) is 0.411. The second-order valence-corrected chi connectivity index (χ2v) is 6.65. The van der Waals surface area contributed by atoms with Gasteiger partial charge < -0.3 is 9.80 Å². The largest absolute Gasteiger partial charge is 0.341 e. The van der Waals surface area contributed by atoms with E-state index in [0.717, 1.165) is 31.6 Å². The lowest BCUT2D eigenvalue weighted by Crippen LogP contribution is -2.42. The molecule has 23 heavy (non-hydrogen) atoms. The van der Waals surface area contributed by atoms with E-state index in [2.05, 4.69) is 13.8 Å². The molecule has 1 aromatic carbocycles. The van der Waals surface area contributed by atoms with Crippen LogP contribution in [0.5, 0.6) is 0 Å². The number of hydrogen-bond acceptors (Lipinski definition) is 2. The number of benzene rings is 1. The molecule has 0 N–H and O–H groups in total. The Labute approximate surface area is 139 Å². The van der Waals surface area contributed by atoms with Gasteiger partial charge in [0, 0.05) is 25.7 Å². The molecule has 1 heterocycles. The van der Waals surface area contributed by atoms with Gasteiger partial charge in [-0.1, -0.05) is 38.8 Å². The van der Waals surface area contributed by atoms with Crippen molar-refractivity contribution in [3.63, 3.8) is 0 Å². The summed E-state index contributed by atoms with van der Waals surface area (Å²) in [5.41, 5.74) is 2.03. The number of nitrogens with zero attached hydrogens (tertiary/aromatic N) is 2. The first-order chi connectivity index (χ1) is 11.0. The lowest BCUT2D eigenvalue weighted by molar-refractivity contribution is -0.131. The monoisotopic (exact) mass is 316 g/mol. The molecular formula is C19H28N2O2. The molecule has 0 radical (unpaired) electrons. The topological polar surface area (TPSA) is 40.6 Å². The first kappa shape index (κ1) is 17.5. The van der Waals surface area contributed by atoms with Gasteiger partial charge in [-0.2, -0.15) is 0 Å². The van der Waals surface area contributed by atoms with Crippen molar-refractivity contribution in [3.05, 3.63) is 29.8 Å². The highest BCUT2D eigenvalue weighted by Crippen LogP contribution is 2.21. The minimum atomic E-state index is -0.0922. The number of carbonyl (C=O) groups excluding carboxylic acids is 2. The van der Waals surface area contributed by atoms with Crippen LogP contribution in [-0.4, -0.2) is 36.3 Å². The molecule has 1 aromatic rings. The zero-order valence-corrected chi connectivity index (χ0v) is 14.5. The molecule has 1 aliphatic rings. The molecular weight excluding hydrogens is 288 g/mol. The van der Waals surface area contributed by atoms with E-state index in [1.54, 1.807) is 4.90 Å². The summed E-state index contributed by atoms with van der Waals surface area (Å²) in [6.45, 7) is 7.57. The summed E-state index contributed by atoms with van der Waals surface area (Å²) in [6, 6.07) is 7.94. The fourth-order valence-corrected chi connectivity index (χ4v) is 2.98. The number of carbonyl (C=O) groups is 2. The zero-order valence-electron chi connectivity index (χ0n) is 14.5. The summed E-state index contributed by atoms with van der Waals surface area (Å²) in [5, 5.41) is 0. The van der Waals surface area contributed by atoms with E-state index < -0.39 is 0 Å². The minimum Gasteiger partial charge on any atom is -0.341 e. The average molecular weight is 316 g/mol. The third kappa shape index (κ3) is 4.81. The molecule has 1 saturated heterocycles. The lowest BCUT2D eigenvalue weighted by atomic mass is 10.0. The number of likely N-dealkylation sites (tertiary alicyclic amines) is 1. The molecule has 4 nitrogen and oxygen atoms in total. The van der Waals surface area contributed by atoms with Crippen LogP contribution in [0.4, 0.5) is 5.69 Å². The molecule has 0 spiro atoms. The summed E-state index contributed by atoms with van der Waals surface area (Å²) < 4.78 is 0. The fourth-order valence-electron chi connectivity index (χ4n) is 2.98. The number of rotatable bonds is 4. The van der Waals surface area contributed by atoms with Crippen molar-refractivity contribution in [3.8, 4) is 0 Å². The Morgan fingerprint density at radius 3 is 2.09 bits per heavy atom. The van der Waals surface area contributed by atoms with Gasteiger partial charge in [0.15, 0.2) is 0 Å². The van der Waals surface area contributed by atoms with Crippen molar-refractivity contribution in [1.82, 2.24) is 4.90 Å². The SMILES string of the molecule is CC(=O)N(CC(=O)N1CCCCCC1)c1ccc(C(C)C)cc1. The van der Waals surface area contributed by atoms with Crippen LogP contribution in [-0.2, 0) is 9.59 Å². The van der Waals surface area contributed by atoms with Crippen LogP contribution in [0.3, 0.4) is 0 Å². The third-order valence-corrected chi connectivity index (χ3v) is 4.50. The highest BCUT2D eigenvalue weighted by Gasteiger charge is 2.21. The lowest BCUT2D eigenvalue weighted by Gasteiger charge is -2.26. The molecule has 0 unspecified atom stereocenters. The number of hydrogen-bond donors (Lipinski definition) is 0. The average Bonchev–Trinajstić information content (AvgIpc) is 2.81. The molecule has 126 valence electrons. The van der Waals surface area contributed by atoms with Crippen LogP contribution in [0.15, 0.2) is 24.3 Å². The smallest absolute Gasteiger partial charge is 0.242 e. The van der Waals surface area contributed by atoms with Gasteiger partial charge in [-0.05, 0) is 36.5 Å². The normalized spacial score (nSPS) is 15.4. The molecule has 0 saturated carbocycles. The maximum atomic E-state index is 12.5. The maximum absolute atomic E-state index is 12.5. The molecule has 2 rings (SSSR count). The molecule has 0 bridgehead atoms. The Bertz CT molecular complexity index is 529. The molecule has 0 aromatic heterocycles. The van der Waals surface area contributed by atoms with E-state index in [0.29, 0.717) is 5.92 Å². The van der Waals surface area contributed by atoms with Gasteiger partial charge >= 0.3 is 0 Å². The van der Waals surface area contributed by atoms with Gasteiger partial charge in [-0.25, -0.2) is 0 Å². The quantitative estimate of drug-likeness (QED) is 0.852. The predicted octanol–water partition coefficient (Wildman–Crippen LogP) is 3.57. The molecule has 4 heteroatoms. The van der Waals surface area contributed by atoms with Gasteiger partial charge in [-0.3, -0.25) is 9.59 Å². The predicted molar refractivity (Wildman–Crippen MR) is 93.6 cm³/mol. The maximum Gasteiger partial charge on any atom is 0.242 e. The Morgan fingerprint density at radius 1 is 1.04 bits per heavy atom. The summed E-state index contributed by atoms with van der Waals surface area (Å²) >= 11 is 0. The van der Waals surface area contributed by atoms with Crippen LogP contribution >= 0.6 is 0 Å². The second-order valence-electron chi connectivity index (χ2n) is 6.65. The van der Waals surface area contributed by atoms with Crippen molar-refractivity contribution < 1.29 is 9.59 Å². The van der Waals surface area contributed by atoms with Crippen molar-refractivity contribution in [2.75, 3.05) is 24.5 Å². The van der Waals surface area contributed by atoms with Gasteiger partial charge in [0.2, 0.25) is 11.8 Å². The van der Waals surface area contributed by atoms with Crippen molar-refractivity contribution >= 4 is 17.5 Å². The van der Waals surface area contributed by atoms with Crippen LogP contribution in [0.25, 0.3) is 0 Å². The Balaban J connectivity index is 2.08. The first-order valence-corrected chi connectivity index (χ1v) is 8.65. The van der Waals surface area contributed by atoms with Gasteiger partial charge in [0.25, 0.3) is 0 Å². The summed E-state index contributed by atoms with van der Waals surface area (Å²) in [6.07, 6.45) is 4.51. The first-order valence-electron chi connectivity index (χ1n) is 8.65. The van der Waals surface area contributed by atoms with Gasteiger partial charge in [-0.15, -0.1) is 0 Å². The molecule has 2 amide bonds. The van der Waals surface area contributed by atoms with E-state index in [4.69, 9.17) is 0 Å². The van der Waals surface area contributed by atoms with E-state index in [9.17, 15) is 9.59 Å². The van der Waals surface area contributed by atoms with Gasteiger partial charge in [0.1, 0.15) is 6.54 Å². The Kier molecular flexibility index (Phi) is 6.20. The van der Waals surface area contributed by atoms with Crippen LogP contribution in [0, 0.1) is 0 Å². The minimum absolute atomic E-state index is 0.0510. The van der Waals surface area contributed by atoms with E-state index in [-0.39, 0.29) is 18.4 Å². The Morgan fingerprint density at radius 2 is 1.61 bits per heavy atom. The number of anilines is 1. The molecule has 1 aliphatic heterocycles. The van der Waals surface area contributed by atoms with E-state index in [1.165, 1.54) is 25.3 Å². The van der Waals surface area contributed by atoms with Gasteiger partial charge in [0.05, 0.1) is 0 Å². The van der Waals surface area contributed by atoms with Crippen molar-refractivity contribution in [1.29, 1.82) is 0 Å². The number of amides is 2. The van der Waals surface area contributed by atoms with E-state index in [1.807, 2.05) is 29.2 Å². The summed E-state index contributed by atoms with van der Waals surface area (Å²) in [7, 11) is 0. The van der Waals surface area contributed by atoms with Crippen molar-refractivity contribution in [2.45, 2.75) is 52.4 Å². The summed E-state index contributed by atoms with van der Waals surface area (Å²) in [4.78, 5) is 28.0. The molecule has 1 fully saturated rings. The van der Waals surface area contributed by atoms with E-state index >= 15 is 0 Å². The fraction of sp³-hybridized carbons (Fsp3) is 0.579. The molecule has 0 aliphatic carbocycles. The highest BCUT2D eigenvalue weighted by atomic mass is 16.2. The third-order valence-electron chi connectivity index (χ3n) is 4.50. The second kappa shape index (κ2) is 8.14. The van der Waals surface area contributed by atoms with Crippen LogP contribution in [0.1, 0.15) is 57.9 Å². The standard InChI is InChI=1S/C19H28N2O2/c1-15(2)17-8-10-18(11-9-17)21(16(3)22)14-19(23)20-12-6-4-5-7-13-20/h8-11,15H,4-7,12-14H2,1-3H3. The van der Waals surface area contributed by atoms with Crippen LogP contribution < -0.4 is 4.90 Å². The Hall–Kier alpha value is -1.84. The van der Waals surface area contributed by atoms with Crippen molar-refractivity contribution in [2.24, 2.45) is 0 Å². The highest BCUT2D eigenvalue weighted by molar-refractivity contribution is 5.97. The molecule has 0 atom stereocenters. The zero-order chi connectivity index (χ0) is 16.8.